The van der Waals surface area contributed by atoms with Gasteiger partial charge >= 0.3 is 0 Å². The first-order chi connectivity index (χ1) is 25.4. The molecular formula is C44H24F4N2S2. The summed E-state index contributed by atoms with van der Waals surface area (Å²) in [6.45, 7) is 0. The summed E-state index contributed by atoms with van der Waals surface area (Å²) in [4.78, 5) is 10.4. The lowest BCUT2D eigenvalue weighted by Crippen LogP contribution is -1.87. The molecule has 8 heteroatoms. The molecule has 2 nitrogen and oxygen atoms in total. The number of fused-ring (bicyclic) bond motifs is 8. The molecule has 5 heterocycles. The molecule has 0 spiro atoms. The quantitative estimate of drug-likeness (QED) is 0.169. The van der Waals surface area contributed by atoms with Crippen molar-refractivity contribution in [2.75, 3.05) is 0 Å². The highest BCUT2D eigenvalue weighted by atomic mass is 32.1. The van der Waals surface area contributed by atoms with E-state index in [1.807, 2.05) is 48.6 Å². The Morgan fingerprint density at radius 3 is 0.712 bits per heavy atom. The van der Waals surface area contributed by atoms with Gasteiger partial charge in [-0.1, -0.05) is 48.5 Å². The van der Waals surface area contributed by atoms with E-state index in [1.54, 1.807) is 48.5 Å². The highest BCUT2D eigenvalue weighted by molar-refractivity contribution is 7.24. The van der Waals surface area contributed by atoms with Crippen LogP contribution in [0.5, 0.6) is 0 Å². The van der Waals surface area contributed by atoms with Crippen LogP contribution in [0.4, 0.5) is 17.6 Å². The van der Waals surface area contributed by atoms with E-state index in [9.17, 15) is 17.6 Å². The molecule has 0 saturated carbocycles. The molecule has 52 heavy (non-hydrogen) atoms. The average Bonchev–Trinajstić information content (AvgIpc) is 3.99. The molecule has 0 aliphatic carbocycles. The fraction of sp³-hybridized carbons (Fsp3) is 0. The van der Waals surface area contributed by atoms with Crippen molar-refractivity contribution in [2.24, 2.45) is 0 Å². The largest absolute Gasteiger partial charge is 0.248 e. The minimum absolute atomic E-state index is 0.345. The lowest BCUT2D eigenvalue weighted by molar-refractivity contribution is 0.627. The lowest BCUT2D eigenvalue weighted by Gasteiger charge is -2.06. The zero-order chi connectivity index (χ0) is 35.3. The summed E-state index contributed by atoms with van der Waals surface area (Å²) in [7, 11) is 0. The molecule has 0 saturated heterocycles. The van der Waals surface area contributed by atoms with Crippen molar-refractivity contribution >= 4 is 65.8 Å². The molecule has 4 aromatic carbocycles. The van der Waals surface area contributed by atoms with E-state index in [0.717, 1.165) is 63.3 Å². The fourth-order valence-electron chi connectivity index (χ4n) is 6.63. The van der Waals surface area contributed by atoms with Crippen molar-refractivity contribution in [3.63, 3.8) is 0 Å². The molecule has 0 amide bonds. The molecule has 2 aliphatic rings. The molecule has 8 bridgehead atoms. The SMILES string of the molecule is Fc1ccc(-c2c3nc(c(-c4ccc(F)cc4)c4ccc(s4)c(-c4ccc(F)cc4)c4nc(c(-c5ccc(F)cc5)c5ccc2s5)C=C4)C=C3)cc1. The van der Waals surface area contributed by atoms with Gasteiger partial charge in [-0.2, -0.15) is 0 Å². The lowest BCUT2D eigenvalue weighted by atomic mass is 10.0. The summed E-state index contributed by atoms with van der Waals surface area (Å²) in [6.07, 6.45) is 7.81. The number of nitrogens with zero attached hydrogens (tertiary/aromatic N) is 2. The summed E-state index contributed by atoms with van der Waals surface area (Å²) >= 11 is 3.07. The Morgan fingerprint density at radius 1 is 0.288 bits per heavy atom. The Kier molecular flexibility index (Phi) is 7.98. The monoisotopic (exact) mass is 720 g/mol. The van der Waals surface area contributed by atoms with Crippen LogP contribution in [0.1, 0.15) is 22.8 Å². The minimum Gasteiger partial charge on any atom is -0.248 e. The van der Waals surface area contributed by atoms with Crippen LogP contribution in [0.3, 0.4) is 0 Å². The normalized spacial score (nSPS) is 12.1. The second kappa shape index (κ2) is 13.0. The number of thiophene rings is 2. The van der Waals surface area contributed by atoms with Crippen molar-refractivity contribution in [1.82, 2.24) is 9.97 Å². The smallest absolute Gasteiger partial charge is 0.123 e. The first kappa shape index (κ1) is 32.0. The summed E-state index contributed by atoms with van der Waals surface area (Å²) in [5, 5.41) is 0. The molecule has 0 N–H and O–H groups in total. The second-order valence-corrected chi connectivity index (χ2v) is 14.5. The summed E-state index contributed by atoms with van der Waals surface area (Å²) < 4.78 is 60.4. The first-order valence-electron chi connectivity index (χ1n) is 16.4. The van der Waals surface area contributed by atoms with Gasteiger partial charge in [-0.15, -0.1) is 22.7 Å². The molecule has 2 aliphatic heterocycles. The van der Waals surface area contributed by atoms with E-state index < -0.39 is 0 Å². The molecule has 0 radical (unpaired) electrons. The first-order valence-corrected chi connectivity index (χ1v) is 18.0. The Morgan fingerprint density at radius 2 is 0.500 bits per heavy atom. The highest BCUT2D eigenvalue weighted by Gasteiger charge is 2.19. The number of benzene rings is 4. The van der Waals surface area contributed by atoms with E-state index in [0.29, 0.717) is 22.8 Å². The number of rotatable bonds is 4. The standard InChI is InChI=1S/C44H24F4N2S2/c45-29-9-1-25(2-10-29)41-33-17-18-34(49-33)42(26-3-11-30(46)12-4-26)39-23-24-40(52-39)44(28-7-15-32(48)16-8-28)36-20-19-35(50-36)43(38-22-21-37(41)51-38)27-5-13-31(47)14-6-27/h1-24H. The Balaban J connectivity index is 1.47. The van der Waals surface area contributed by atoms with Crippen molar-refractivity contribution in [2.45, 2.75) is 0 Å². The molecule has 250 valence electrons. The van der Waals surface area contributed by atoms with E-state index in [4.69, 9.17) is 9.97 Å². The molecule has 0 atom stereocenters. The molecule has 0 fully saturated rings. The van der Waals surface area contributed by atoms with Crippen molar-refractivity contribution in [3.05, 3.63) is 167 Å². The van der Waals surface area contributed by atoms with Crippen LogP contribution in [0.2, 0.25) is 0 Å². The maximum atomic E-state index is 14.2. The minimum atomic E-state index is -0.345. The number of halogens is 4. The van der Waals surface area contributed by atoms with Crippen LogP contribution in [0, 0.1) is 23.3 Å². The number of aromatic nitrogens is 2. The maximum absolute atomic E-state index is 14.2. The van der Waals surface area contributed by atoms with Gasteiger partial charge in [0, 0.05) is 41.1 Å². The summed E-state index contributed by atoms with van der Waals surface area (Å²) in [6, 6.07) is 33.5. The molecular weight excluding hydrogens is 697 g/mol. The Labute approximate surface area is 304 Å². The third-order valence-corrected chi connectivity index (χ3v) is 11.3. The second-order valence-electron chi connectivity index (χ2n) is 12.3. The molecule has 0 unspecified atom stereocenters. The van der Waals surface area contributed by atoms with Crippen LogP contribution in [-0.4, -0.2) is 9.97 Å². The van der Waals surface area contributed by atoms with Gasteiger partial charge in [-0.25, -0.2) is 27.5 Å². The van der Waals surface area contributed by atoms with Gasteiger partial charge in [0.05, 0.1) is 22.8 Å². The van der Waals surface area contributed by atoms with Crippen LogP contribution in [0.25, 0.3) is 87.6 Å². The van der Waals surface area contributed by atoms with Crippen molar-refractivity contribution in [1.29, 1.82) is 0 Å². The zero-order valence-electron chi connectivity index (χ0n) is 27.1. The van der Waals surface area contributed by atoms with E-state index in [1.165, 1.54) is 71.2 Å². The fourth-order valence-corrected chi connectivity index (χ4v) is 8.94. The van der Waals surface area contributed by atoms with Gasteiger partial charge < -0.3 is 0 Å². The predicted molar refractivity (Wildman–Crippen MR) is 207 cm³/mol. The van der Waals surface area contributed by atoms with Gasteiger partial charge in [0.15, 0.2) is 0 Å². The molecule has 7 aromatic rings. The van der Waals surface area contributed by atoms with E-state index >= 15 is 0 Å². The maximum Gasteiger partial charge on any atom is 0.123 e. The van der Waals surface area contributed by atoms with Gasteiger partial charge in [0.25, 0.3) is 0 Å². The van der Waals surface area contributed by atoms with Crippen LogP contribution >= 0.6 is 22.7 Å². The summed E-state index contributed by atoms with van der Waals surface area (Å²) in [5.41, 5.74) is 9.20. The van der Waals surface area contributed by atoms with E-state index in [2.05, 4.69) is 0 Å². The number of hydrogen-bond acceptors (Lipinski definition) is 4. The number of hydrogen-bond donors (Lipinski definition) is 0. The van der Waals surface area contributed by atoms with E-state index in [-0.39, 0.29) is 23.3 Å². The zero-order valence-corrected chi connectivity index (χ0v) is 28.7. The average molecular weight is 721 g/mol. The molecule has 9 rings (SSSR count). The van der Waals surface area contributed by atoms with Crippen LogP contribution in [0.15, 0.2) is 121 Å². The van der Waals surface area contributed by atoms with Crippen LogP contribution in [-0.2, 0) is 0 Å². The van der Waals surface area contributed by atoms with Gasteiger partial charge in [0.2, 0.25) is 0 Å². The Hall–Kier alpha value is -5.96. The van der Waals surface area contributed by atoms with Crippen molar-refractivity contribution < 1.29 is 17.6 Å². The van der Waals surface area contributed by atoms with Gasteiger partial charge in [0.1, 0.15) is 23.3 Å². The van der Waals surface area contributed by atoms with Crippen molar-refractivity contribution in [3.8, 4) is 44.5 Å². The van der Waals surface area contributed by atoms with Gasteiger partial charge in [-0.3, -0.25) is 0 Å². The highest BCUT2D eigenvalue weighted by Crippen LogP contribution is 2.43. The topological polar surface area (TPSA) is 25.8 Å². The van der Waals surface area contributed by atoms with Crippen LogP contribution < -0.4 is 0 Å². The predicted octanol–water partition coefficient (Wildman–Crippen LogP) is 13.3. The third kappa shape index (κ3) is 5.86. The Bertz CT molecular complexity index is 2370. The summed E-state index contributed by atoms with van der Waals surface area (Å²) in [5.74, 6) is -1.38. The van der Waals surface area contributed by atoms with Gasteiger partial charge in [-0.05, 0) is 119 Å². The third-order valence-electron chi connectivity index (χ3n) is 9.03. The molecule has 3 aromatic heterocycles.